The lowest BCUT2D eigenvalue weighted by Crippen LogP contribution is -2.33. The van der Waals surface area contributed by atoms with Crippen molar-refractivity contribution in [2.75, 3.05) is 27.2 Å². The van der Waals surface area contributed by atoms with Crippen molar-refractivity contribution in [3.8, 4) is 0 Å². The second kappa shape index (κ2) is 5.77. The molecule has 16 heavy (non-hydrogen) atoms. The van der Waals surface area contributed by atoms with Gasteiger partial charge in [0.2, 0.25) is 10.0 Å². The maximum atomic E-state index is 12.1. The zero-order valence-electron chi connectivity index (χ0n) is 9.27. The Morgan fingerprint density at radius 1 is 1.38 bits per heavy atom. The van der Waals surface area contributed by atoms with Gasteiger partial charge in [0.1, 0.15) is 0 Å². The molecule has 0 saturated carbocycles. The SMILES string of the molecule is CNCCN(C)S(=O)(=O)c1ccccc1Br. The molecule has 90 valence electrons. The van der Waals surface area contributed by atoms with Gasteiger partial charge in [-0.2, -0.15) is 4.31 Å². The van der Waals surface area contributed by atoms with Gasteiger partial charge in [-0.3, -0.25) is 0 Å². The van der Waals surface area contributed by atoms with Crippen molar-refractivity contribution in [3.63, 3.8) is 0 Å². The average Bonchev–Trinajstić information content (AvgIpc) is 2.26. The maximum absolute atomic E-state index is 12.1. The second-order valence-electron chi connectivity index (χ2n) is 3.36. The summed E-state index contributed by atoms with van der Waals surface area (Å²) in [6.07, 6.45) is 0. The highest BCUT2D eigenvalue weighted by molar-refractivity contribution is 9.10. The number of likely N-dealkylation sites (N-methyl/N-ethyl adjacent to an activating group) is 2. The van der Waals surface area contributed by atoms with Gasteiger partial charge in [-0.25, -0.2) is 8.42 Å². The number of benzene rings is 1. The largest absolute Gasteiger partial charge is 0.318 e. The van der Waals surface area contributed by atoms with Gasteiger partial charge >= 0.3 is 0 Å². The van der Waals surface area contributed by atoms with E-state index in [4.69, 9.17) is 0 Å². The highest BCUT2D eigenvalue weighted by Crippen LogP contribution is 2.23. The van der Waals surface area contributed by atoms with Crippen molar-refractivity contribution in [3.05, 3.63) is 28.7 Å². The summed E-state index contributed by atoms with van der Waals surface area (Å²) >= 11 is 3.25. The van der Waals surface area contributed by atoms with E-state index in [0.29, 0.717) is 22.5 Å². The molecule has 0 aliphatic heterocycles. The van der Waals surface area contributed by atoms with Gasteiger partial charge in [-0.05, 0) is 35.1 Å². The van der Waals surface area contributed by atoms with Gasteiger partial charge in [0, 0.05) is 24.6 Å². The highest BCUT2D eigenvalue weighted by atomic mass is 79.9. The molecule has 1 aromatic carbocycles. The molecule has 0 heterocycles. The Balaban J connectivity index is 2.98. The van der Waals surface area contributed by atoms with Crippen LogP contribution in [0.4, 0.5) is 0 Å². The Hall–Kier alpha value is -0.430. The van der Waals surface area contributed by atoms with Crippen LogP contribution in [-0.4, -0.2) is 39.9 Å². The molecule has 0 spiro atoms. The molecule has 0 aliphatic rings. The third-order valence-electron chi connectivity index (χ3n) is 2.20. The standard InChI is InChI=1S/C10H15BrN2O2S/c1-12-7-8-13(2)16(14,15)10-6-4-3-5-9(10)11/h3-6,12H,7-8H2,1-2H3. The number of rotatable bonds is 5. The van der Waals surface area contributed by atoms with E-state index in [2.05, 4.69) is 21.2 Å². The van der Waals surface area contributed by atoms with Crippen LogP contribution in [0, 0.1) is 0 Å². The van der Waals surface area contributed by atoms with Crippen LogP contribution in [0.3, 0.4) is 0 Å². The van der Waals surface area contributed by atoms with Gasteiger partial charge in [-0.1, -0.05) is 12.1 Å². The summed E-state index contributed by atoms with van der Waals surface area (Å²) in [6.45, 7) is 1.07. The third kappa shape index (κ3) is 3.04. The molecular formula is C10H15BrN2O2S. The number of nitrogens with zero attached hydrogens (tertiary/aromatic N) is 1. The van der Waals surface area contributed by atoms with E-state index in [1.807, 2.05) is 0 Å². The molecule has 0 unspecified atom stereocenters. The van der Waals surface area contributed by atoms with Gasteiger partial charge in [0.15, 0.2) is 0 Å². The highest BCUT2D eigenvalue weighted by Gasteiger charge is 2.22. The fourth-order valence-corrected chi connectivity index (χ4v) is 3.34. The van der Waals surface area contributed by atoms with Crippen LogP contribution < -0.4 is 5.32 Å². The molecule has 4 nitrogen and oxygen atoms in total. The van der Waals surface area contributed by atoms with Crippen LogP contribution >= 0.6 is 15.9 Å². The van der Waals surface area contributed by atoms with E-state index in [1.54, 1.807) is 38.4 Å². The van der Waals surface area contributed by atoms with Crippen LogP contribution in [0.15, 0.2) is 33.6 Å². The van der Waals surface area contributed by atoms with Crippen molar-refractivity contribution in [1.82, 2.24) is 9.62 Å². The van der Waals surface area contributed by atoms with Crippen LogP contribution in [0.1, 0.15) is 0 Å². The lowest BCUT2D eigenvalue weighted by Gasteiger charge is -2.17. The minimum atomic E-state index is -3.40. The molecule has 0 atom stereocenters. The van der Waals surface area contributed by atoms with E-state index >= 15 is 0 Å². The molecule has 1 aromatic rings. The first-order valence-corrected chi connectivity index (χ1v) is 7.09. The van der Waals surface area contributed by atoms with Gasteiger partial charge in [0.25, 0.3) is 0 Å². The van der Waals surface area contributed by atoms with Crippen molar-refractivity contribution < 1.29 is 8.42 Å². The van der Waals surface area contributed by atoms with Crippen LogP contribution in [0.5, 0.6) is 0 Å². The molecule has 1 rings (SSSR count). The number of hydrogen-bond donors (Lipinski definition) is 1. The zero-order chi connectivity index (χ0) is 12.2. The average molecular weight is 307 g/mol. The molecule has 0 saturated heterocycles. The van der Waals surface area contributed by atoms with E-state index < -0.39 is 10.0 Å². The number of sulfonamides is 1. The minimum Gasteiger partial charge on any atom is -0.318 e. The summed E-state index contributed by atoms with van der Waals surface area (Å²) in [5.41, 5.74) is 0. The van der Waals surface area contributed by atoms with Gasteiger partial charge in [-0.15, -0.1) is 0 Å². The molecule has 0 aliphatic carbocycles. The molecule has 0 aromatic heterocycles. The molecular weight excluding hydrogens is 292 g/mol. The van der Waals surface area contributed by atoms with Crippen molar-refractivity contribution in [1.29, 1.82) is 0 Å². The molecule has 0 fully saturated rings. The van der Waals surface area contributed by atoms with Crippen LogP contribution in [0.2, 0.25) is 0 Å². The predicted molar refractivity (Wildman–Crippen MR) is 67.9 cm³/mol. The predicted octanol–water partition coefficient (Wildman–Crippen LogP) is 1.29. The summed E-state index contributed by atoms with van der Waals surface area (Å²) in [5.74, 6) is 0. The molecule has 0 bridgehead atoms. The summed E-state index contributed by atoms with van der Waals surface area (Å²) < 4.78 is 26.2. The smallest absolute Gasteiger partial charge is 0.243 e. The summed E-state index contributed by atoms with van der Waals surface area (Å²) in [6, 6.07) is 6.81. The van der Waals surface area contributed by atoms with E-state index in [1.165, 1.54) is 4.31 Å². The first-order valence-electron chi connectivity index (χ1n) is 4.85. The number of hydrogen-bond acceptors (Lipinski definition) is 3. The molecule has 0 radical (unpaired) electrons. The molecule has 0 amide bonds. The topological polar surface area (TPSA) is 49.4 Å². The van der Waals surface area contributed by atoms with Crippen LogP contribution in [0.25, 0.3) is 0 Å². The Bertz CT molecular complexity index is 448. The Morgan fingerprint density at radius 3 is 2.56 bits per heavy atom. The van der Waals surface area contributed by atoms with E-state index in [-0.39, 0.29) is 0 Å². The fraction of sp³-hybridized carbons (Fsp3) is 0.400. The minimum absolute atomic E-state index is 0.300. The maximum Gasteiger partial charge on any atom is 0.243 e. The van der Waals surface area contributed by atoms with Crippen molar-refractivity contribution in [2.45, 2.75) is 4.90 Å². The van der Waals surface area contributed by atoms with Crippen molar-refractivity contribution in [2.24, 2.45) is 0 Å². The van der Waals surface area contributed by atoms with E-state index in [0.717, 1.165) is 0 Å². The normalized spacial score (nSPS) is 12.0. The summed E-state index contributed by atoms with van der Waals surface area (Å²) in [5, 5.41) is 2.92. The summed E-state index contributed by atoms with van der Waals surface area (Å²) in [7, 11) is -0.0294. The van der Waals surface area contributed by atoms with E-state index in [9.17, 15) is 8.42 Å². The molecule has 6 heteroatoms. The first kappa shape index (κ1) is 13.6. The number of halogens is 1. The molecule has 1 N–H and O–H groups in total. The zero-order valence-corrected chi connectivity index (χ0v) is 11.7. The Morgan fingerprint density at radius 2 is 2.00 bits per heavy atom. The lowest BCUT2D eigenvalue weighted by molar-refractivity contribution is 0.465. The van der Waals surface area contributed by atoms with Crippen molar-refractivity contribution >= 4 is 26.0 Å². The fourth-order valence-electron chi connectivity index (χ4n) is 1.21. The van der Waals surface area contributed by atoms with Crippen LogP contribution in [-0.2, 0) is 10.0 Å². The Labute approximate surface area is 105 Å². The lowest BCUT2D eigenvalue weighted by atomic mass is 10.4. The first-order chi connectivity index (χ1) is 7.50. The van der Waals surface area contributed by atoms with Gasteiger partial charge in [0.05, 0.1) is 4.90 Å². The number of nitrogens with one attached hydrogen (secondary N) is 1. The second-order valence-corrected chi connectivity index (χ2v) is 6.23. The third-order valence-corrected chi connectivity index (χ3v) is 5.07. The summed E-state index contributed by atoms with van der Waals surface area (Å²) in [4.78, 5) is 0.300. The monoisotopic (exact) mass is 306 g/mol. The Kier molecular flexibility index (Phi) is 4.91. The quantitative estimate of drug-likeness (QED) is 0.892. The van der Waals surface area contributed by atoms with Gasteiger partial charge < -0.3 is 5.32 Å².